The van der Waals surface area contributed by atoms with Crippen molar-refractivity contribution in [2.75, 3.05) is 20.1 Å². The minimum Gasteiger partial charge on any atom is -0.441 e. The van der Waals surface area contributed by atoms with Gasteiger partial charge in [-0.2, -0.15) is 5.26 Å². The quantitative estimate of drug-likeness (QED) is 0.508. The second kappa shape index (κ2) is 9.76. The summed E-state index contributed by atoms with van der Waals surface area (Å²) in [6, 6.07) is 13.6. The second-order valence-corrected chi connectivity index (χ2v) is 9.89. The number of amides is 2. The largest absolute Gasteiger partial charge is 0.441 e. The van der Waals surface area contributed by atoms with Crippen molar-refractivity contribution in [3.63, 3.8) is 0 Å². The van der Waals surface area contributed by atoms with Crippen molar-refractivity contribution in [2.24, 2.45) is 0 Å². The Labute approximate surface area is 213 Å². The van der Waals surface area contributed by atoms with E-state index in [9.17, 15) is 14.9 Å². The molecule has 0 spiro atoms. The molecule has 1 fully saturated rings. The second-order valence-electron chi connectivity index (χ2n) is 9.46. The van der Waals surface area contributed by atoms with Gasteiger partial charge in [-0.1, -0.05) is 29.8 Å². The van der Waals surface area contributed by atoms with Crippen LogP contribution in [0.3, 0.4) is 0 Å². The van der Waals surface area contributed by atoms with E-state index >= 15 is 0 Å². The number of aromatic nitrogens is 1. The molecular formula is C27H26ClN5O3. The predicted octanol–water partition coefficient (Wildman–Crippen LogP) is 3.71. The summed E-state index contributed by atoms with van der Waals surface area (Å²) >= 11 is 6.03. The third kappa shape index (κ3) is 5.27. The van der Waals surface area contributed by atoms with Crippen LogP contribution in [0.2, 0.25) is 5.02 Å². The molecule has 184 valence electrons. The van der Waals surface area contributed by atoms with Gasteiger partial charge in [0.15, 0.2) is 11.5 Å². The number of hydrogen-bond donors (Lipinski definition) is 2. The Hall–Kier alpha value is -3.67. The van der Waals surface area contributed by atoms with E-state index in [1.54, 1.807) is 18.2 Å². The summed E-state index contributed by atoms with van der Waals surface area (Å²) in [5.41, 5.74) is 3.12. The van der Waals surface area contributed by atoms with Gasteiger partial charge in [-0.3, -0.25) is 9.59 Å². The average Bonchev–Trinajstić information content (AvgIpc) is 3.53. The van der Waals surface area contributed by atoms with E-state index in [0.29, 0.717) is 40.4 Å². The van der Waals surface area contributed by atoms with Gasteiger partial charge in [0.2, 0.25) is 5.91 Å². The zero-order valence-corrected chi connectivity index (χ0v) is 20.6. The maximum Gasteiger partial charge on any atom is 0.251 e. The number of nitrogens with zero attached hydrogens (tertiary/aromatic N) is 3. The number of fused-ring (bicyclic) bond motifs is 1. The monoisotopic (exact) mass is 503 g/mol. The minimum absolute atomic E-state index is 0.0388. The molecule has 2 aliphatic rings. The first-order valence-electron chi connectivity index (χ1n) is 11.9. The maximum absolute atomic E-state index is 13.1. The van der Waals surface area contributed by atoms with Crippen LogP contribution in [0.5, 0.6) is 0 Å². The van der Waals surface area contributed by atoms with Crippen LogP contribution in [0.15, 0.2) is 53.0 Å². The Morgan fingerprint density at radius 3 is 2.81 bits per heavy atom. The van der Waals surface area contributed by atoms with Crippen LogP contribution in [-0.4, -0.2) is 53.4 Å². The number of nitrogens with one attached hydrogen (secondary N) is 2. The topological polar surface area (TPSA) is 111 Å². The molecule has 5 rings (SSSR count). The lowest BCUT2D eigenvalue weighted by molar-refractivity contribution is -0.123. The number of carbonyl (C=O) groups is 2. The third-order valence-corrected chi connectivity index (χ3v) is 6.86. The zero-order chi connectivity index (χ0) is 25.3. The Morgan fingerprint density at radius 1 is 1.28 bits per heavy atom. The van der Waals surface area contributed by atoms with E-state index in [1.165, 1.54) is 11.6 Å². The van der Waals surface area contributed by atoms with Crippen molar-refractivity contribution < 1.29 is 14.0 Å². The van der Waals surface area contributed by atoms with Crippen molar-refractivity contribution in [3.8, 4) is 6.07 Å². The van der Waals surface area contributed by atoms with Gasteiger partial charge in [-0.15, -0.1) is 0 Å². The highest BCUT2D eigenvalue weighted by Gasteiger charge is 2.46. The van der Waals surface area contributed by atoms with E-state index < -0.39 is 23.4 Å². The standard InChI is InChI=1S/C27H26ClN5O3/c1-33-11-7-17(8-12-33)18-5-6-21-23(14-18)36-24(30-21)15-22(26(35)32-27(16-29)9-10-27)31-25(34)19-3-2-4-20(28)13-19/h2-7,13-14,22H,8-12,15H2,1H3,(H,31,34)(H,32,35). The van der Waals surface area contributed by atoms with Crippen molar-refractivity contribution in [1.82, 2.24) is 20.5 Å². The summed E-state index contributed by atoms with van der Waals surface area (Å²) in [6.45, 7) is 1.90. The summed E-state index contributed by atoms with van der Waals surface area (Å²) in [6.07, 6.45) is 4.39. The first-order chi connectivity index (χ1) is 17.3. The molecule has 9 heteroatoms. The van der Waals surface area contributed by atoms with Crippen LogP contribution in [0.1, 0.15) is 41.1 Å². The minimum atomic E-state index is -0.980. The first-order valence-corrected chi connectivity index (χ1v) is 12.3. The van der Waals surface area contributed by atoms with E-state index in [-0.39, 0.29) is 6.42 Å². The molecule has 2 heterocycles. The molecule has 1 saturated carbocycles. The molecule has 1 unspecified atom stereocenters. The lowest BCUT2D eigenvalue weighted by Crippen LogP contribution is -2.51. The van der Waals surface area contributed by atoms with Crippen LogP contribution in [0.25, 0.3) is 16.7 Å². The number of nitriles is 1. The molecule has 8 nitrogen and oxygen atoms in total. The molecule has 1 aliphatic heterocycles. The van der Waals surface area contributed by atoms with E-state index in [0.717, 1.165) is 25.1 Å². The Morgan fingerprint density at radius 2 is 2.11 bits per heavy atom. The fraction of sp³-hybridized carbons (Fsp3) is 0.333. The van der Waals surface area contributed by atoms with Gasteiger partial charge in [0.05, 0.1) is 12.5 Å². The number of carbonyl (C=O) groups excluding carboxylic acids is 2. The summed E-state index contributed by atoms with van der Waals surface area (Å²) in [4.78, 5) is 32.8. The first kappa shape index (κ1) is 24.0. The molecule has 2 amide bonds. The number of halogens is 1. The van der Waals surface area contributed by atoms with Crippen molar-refractivity contribution >= 4 is 40.1 Å². The van der Waals surface area contributed by atoms with E-state index in [1.807, 2.05) is 18.2 Å². The number of rotatable bonds is 7. The van der Waals surface area contributed by atoms with Gasteiger partial charge in [0, 0.05) is 23.7 Å². The molecule has 1 aliphatic carbocycles. The molecule has 2 aromatic carbocycles. The molecular weight excluding hydrogens is 478 g/mol. The van der Waals surface area contributed by atoms with Gasteiger partial charge in [0.25, 0.3) is 5.91 Å². The Bertz CT molecular complexity index is 1400. The van der Waals surface area contributed by atoms with Gasteiger partial charge in [-0.25, -0.2) is 4.98 Å². The molecule has 1 atom stereocenters. The number of likely N-dealkylation sites (N-methyl/N-ethyl adjacent to an activating group) is 1. The average molecular weight is 504 g/mol. The van der Waals surface area contributed by atoms with Crippen LogP contribution < -0.4 is 10.6 Å². The van der Waals surface area contributed by atoms with Crippen LogP contribution in [0.4, 0.5) is 0 Å². The van der Waals surface area contributed by atoms with Crippen LogP contribution >= 0.6 is 11.6 Å². The number of benzene rings is 2. The Kier molecular flexibility index (Phi) is 6.52. The SMILES string of the molecule is CN1CC=C(c2ccc3nc(CC(NC(=O)c4cccc(Cl)c4)C(=O)NC4(C#N)CC4)oc3c2)CC1. The van der Waals surface area contributed by atoms with Crippen molar-refractivity contribution in [1.29, 1.82) is 5.26 Å². The normalized spacial score (nSPS) is 17.6. The number of oxazole rings is 1. The molecule has 2 N–H and O–H groups in total. The third-order valence-electron chi connectivity index (χ3n) is 6.63. The van der Waals surface area contributed by atoms with Gasteiger partial charge < -0.3 is 20.0 Å². The predicted molar refractivity (Wildman–Crippen MR) is 136 cm³/mol. The fourth-order valence-corrected chi connectivity index (χ4v) is 4.45. The van der Waals surface area contributed by atoms with Gasteiger partial charge in [-0.05, 0) is 67.8 Å². The van der Waals surface area contributed by atoms with Crippen molar-refractivity contribution in [3.05, 3.63) is 70.6 Å². The highest BCUT2D eigenvalue weighted by molar-refractivity contribution is 6.31. The Balaban J connectivity index is 1.38. The maximum atomic E-state index is 13.1. The highest BCUT2D eigenvalue weighted by atomic mass is 35.5. The zero-order valence-electron chi connectivity index (χ0n) is 19.9. The summed E-state index contributed by atoms with van der Waals surface area (Å²) in [7, 11) is 2.10. The van der Waals surface area contributed by atoms with Gasteiger partial charge >= 0.3 is 0 Å². The molecule has 0 bridgehead atoms. The summed E-state index contributed by atoms with van der Waals surface area (Å²) in [5.74, 6) is -0.580. The molecule has 3 aromatic rings. The van der Waals surface area contributed by atoms with Crippen molar-refractivity contribution in [2.45, 2.75) is 37.3 Å². The smallest absolute Gasteiger partial charge is 0.251 e. The summed E-state index contributed by atoms with van der Waals surface area (Å²) < 4.78 is 6.01. The fourth-order valence-electron chi connectivity index (χ4n) is 4.26. The molecule has 36 heavy (non-hydrogen) atoms. The molecule has 0 radical (unpaired) electrons. The molecule has 1 aromatic heterocycles. The number of hydrogen-bond acceptors (Lipinski definition) is 6. The summed E-state index contributed by atoms with van der Waals surface area (Å²) in [5, 5.41) is 15.4. The molecule has 0 saturated heterocycles. The lowest BCUT2D eigenvalue weighted by Gasteiger charge is -2.21. The van der Waals surface area contributed by atoms with E-state index in [2.05, 4.69) is 39.7 Å². The van der Waals surface area contributed by atoms with E-state index in [4.69, 9.17) is 16.0 Å². The van der Waals surface area contributed by atoms with Gasteiger partial charge in [0.1, 0.15) is 17.1 Å². The van der Waals surface area contributed by atoms with Crippen LogP contribution in [0, 0.1) is 11.3 Å². The lowest BCUT2D eigenvalue weighted by atomic mass is 9.99. The van der Waals surface area contributed by atoms with Crippen LogP contribution in [-0.2, 0) is 11.2 Å². The highest BCUT2D eigenvalue weighted by Crippen LogP contribution is 2.34.